The summed E-state index contributed by atoms with van der Waals surface area (Å²) in [4.78, 5) is 14.8. The SMILES string of the molecule is CC(Oc1ccc2[nH]nc(-c3nc4c([nH]3)CN(CCC3CNCCO3)C4)c2c1)c1c(Cl)cncc1Cl. The van der Waals surface area contributed by atoms with Gasteiger partial charge >= 0.3 is 0 Å². The smallest absolute Gasteiger partial charge is 0.159 e. The van der Waals surface area contributed by atoms with Gasteiger partial charge < -0.3 is 19.8 Å². The number of hydrogen-bond donors (Lipinski definition) is 3. The molecule has 1 saturated heterocycles. The highest BCUT2D eigenvalue weighted by molar-refractivity contribution is 6.35. The van der Waals surface area contributed by atoms with Crippen LogP contribution in [0.15, 0.2) is 30.6 Å². The Labute approximate surface area is 218 Å². The maximum atomic E-state index is 6.31. The molecule has 1 fully saturated rings. The minimum absolute atomic E-state index is 0.293. The van der Waals surface area contributed by atoms with Gasteiger partial charge in [-0.05, 0) is 31.5 Å². The van der Waals surface area contributed by atoms with E-state index in [4.69, 9.17) is 37.7 Å². The van der Waals surface area contributed by atoms with Gasteiger partial charge in [0.05, 0.1) is 39.7 Å². The molecule has 1 aromatic carbocycles. The Morgan fingerprint density at radius 1 is 1.22 bits per heavy atom. The van der Waals surface area contributed by atoms with E-state index in [0.717, 1.165) is 79.6 Å². The summed E-state index contributed by atoms with van der Waals surface area (Å²) < 4.78 is 12.0. The van der Waals surface area contributed by atoms with E-state index in [2.05, 4.69) is 30.4 Å². The summed E-state index contributed by atoms with van der Waals surface area (Å²) in [7, 11) is 0. The second kappa shape index (κ2) is 9.99. The number of fused-ring (bicyclic) bond motifs is 2. The lowest BCUT2D eigenvalue weighted by atomic mass is 10.1. The average molecular weight is 528 g/mol. The van der Waals surface area contributed by atoms with Crippen LogP contribution in [0.2, 0.25) is 10.0 Å². The van der Waals surface area contributed by atoms with E-state index in [9.17, 15) is 0 Å². The number of halogens is 2. The molecule has 3 N–H and O–H groups in total. The van der Waals surface area contributed by atoms with Gasteiger partial charge in [0, 0.05) is 56.1 Å². The summed E-state index contributed by atoms with van der Waals surface area (Å²) >= 11 is 12.6. The van der Waals surface area contributed by atoms with Crippen molar-refractivity contribution in [3.8, 4) is 17.3 Å². The monoisotopic (exact) mass is 527 g/mol. The van der Waals surface area contributed by atoms with Gasteiger partial charge in [-0.25, -0.2) is 4.98 Å². The van der Waals surface area contributed by atoms with Crippen LogP contribution < -0.4 is 10.1 Å². The first kappa shape index (κ1) is 23.7. The molecule has 0 bridgehead atoms. The number of hydrogen-bond acceptors (Lipinski definition) is 7. The fourth-order valence-corrected chi connectivity index (χ4v) is 5.59. The van der Waals surface area contributed by atoms with E-state index in [-0.39, 0.29) is 6.10 Å². The molecule has 36 heavy (non-hydrogen) atoms. The first-order valence-corrected chi connectivity index (χ1v) is 12.9. The van der Waals surface area contributed by atoms with Gasteiger partial charge in [-0.3, -0.25) is 15.0 Å². The number of morpholine rings is 1. The van der Waals surface area contributed by atoms with Crippen molar-refractivity contribution < 1.29 is 9.47 Å². The van der Waals surface area contributed by atoms with Crippen molar-refractivity contribution in [1.29, 1.82) is 0 Å². The van der Waals surface area contributed by atoms with Crippen molar-refractivity contribution in [3.05, 3.63) is 57.6 Å². The zero-order valence-corrected chi connectivity index (χ0v) is 21.4. The summed E-state index contributed by atoms with van der Waals surface area (Å²) in [6.45, 7) is 7.25. The Kier molecular flexibility index (Phi) is 6.57. The number of rotatable bonds is 7. The molecule has 0 spiro atoms. The zero-order valence-electron chi connectivity index (χ0n) is 19.9. The number of imidazole rings is 1. The van der Waals surface area contributed by atoms with Gasteiger partial charge in [0.15, 0.2) is 5.82 Å². The lowest BCUT2D eigenvalue weighted by Crippen LogP contribution is -2.40. The molecular formula is C25H27Cl2N7O2. The maximum absolute atomic E-state index is 6.31. The number of benzene rings is 1. The third kappa shape index (κ3) is 4.69. The molecule has 3 aromatic heterocycles. The first-order chi connectivity index (χ1) is 17.5. The number of aromatic nitrogens is 5. The van der Waals surface area contributed by atoms with E-state index in [0.29, 0.717) is 27.5 Å². The van der Waals surface area contributed by atoms with E-state index < -0.39 is 0 Å². The molecule has 2 unspecified atom stereocenters. The van der Waals surface area contributed by atoms with Crippen molar-refractivity contribution in [2.75, 3.05) is 26.2 Å². The van der Waals surface area contributed by atoms with Crippen molar-refractivity contribution in [3.63, 3.8) is 0 Å². The van der Waals surface area contributed by atoms with E-state index >= 15 is 0 Å². The third-order valence-electron chi connectivity index (χ3n) is 6.76. The highest BCUT2D eigenvalue weighted by atomic mass is 35.5. The van der Waals surface area contributed by atoms with Crippen molar-refractivity contribution >= 4 is 34.1 Å². The first-order valence-electron chi connectivity index (χ1n) is 12.1. The summed E-state index contributed by atoms with van der Waals surface area (Å²) in [5.41, 5.74) is 4.60. The van der Waals surface area contributed by atoms with Gasteiger partial charge in [0.1, 0.15) is 17.5 Å². The Hall–Kier alpha value is -2.69. The standard InChI is InChI=1S/C25H27Cl2N7O2/c1-14(23-18(26)10-29-11-19(23)27)36-15-2-3-20-17(8-15)24(33-32-20)25-30-21-12-34(13-22(21)31-25)6-4-16-9-28-5-7-35-16/h2-3,8,10-11,14,16,28H,4-7,9,12-13H2,1H3,(H,30,31)(H,32,33). The van der Waals surface area contributed by atoms with Crippen LogP contribution in [0.4, 0.5) is 0 Å². The molecular weight excluding hydrogens is 501 g/mol. The van der Waals surface area contributed by atoms with Gasteiger partial charge in [-0.15, -0.1) is 0 Å². The summed E-state index contributed by atoms with van der Waals surface area (Å²) in [6, 6.07) is 5.81. The van der Waals surface area contributed by atoms with Crippen LogP contribution in [0.3, 0.4) is 0 Å². The van der Waals surface area contributed by atoms with Crippen LogP contribution in [-0.4, -0.2) is 62.4 Å². The predicted molar refractivity (Wildman–Crippen MR) is 138 cm³/mol. The van der Waals surface area contributed by atoms with E-state index in [1.54, 1.807) is 12.4 Å². The molecule has 0 aliphatic carbocycles. The van der Waals surface area contributed by atoms with Gasteiger partial charge in [0.25, 0.3) is 0 Å². The molecule has 188 valence electrons. The molecule has 5 heterocycles. The largest absolute Gasteiger partial charge is 0.486 e. The zero-order chi connectivity index (χ0) is 24.6. The summed E-state index contributed by atoms with van der Waals surface area (Å²) in [5.74, 6) is 1.45. The van der Waals surface area contributed by atoms with Gasteiger partial charge in [-0.2, -0.15) is 5.10 Å². The van der Waals surface area contributed by atoms with Crippen LogP contribution in [-0.2, 0) is 17.8 Å². The number of H-pyrrole nitrogens is 2. The summed E-state index contributed by atoms with van der Waals surface area (Å²) in [5, 5.41) is 12.9. The Morgan fingerprint density at radius 2 is 2.08 bits per heavy atom. The average Bonchev–Trinajstić information content (AvgIpc) is 3.56. The molecule has 0 radical (unpaired) electrons. The summed E-state index contributed by atoms with van der Waals surface area (Å²) in [6.07, 6.45) is 4.09. The molecule has 6 rings (SSSR count). The molecule has 2 aliphatic heterocycles. The van der Waals surface area contributed by atoms with Crippen LogP contribution in [0.5, 0.6) is 5.75 Å². The number of pyridine rings is 1. The quantitative estimate of drug-likeness (QED) is 0.325. The minimum Gasteiger partial charge on any atom is -0.486 e. The van der Waals surface area contributed by atoms with E-state index in [1.165, 1.54) is 0 Å². The number of nitrogens with zero attached hydrogens (tertiary/aromatic N) is 4. The molecule has 11 heteroatoms. The van der Waals surface area contributed by atoms with Gasteiger partial charge in [-0.1, -0.05) is 23.2 Å². The van der Waals surface area contributed by atoms with Crippen LogP contribution >= 0.6 is 23.2 Å². The molecule has 0 saturated carbocycles. The lowest BCUT2D eigenvalue weighted by Gasteiger charge is -2.25. The van der Waals surface area contributed by atoms with Crippen LogP contribution in [0.1, 0.15) is 36.4 Å². The topological polar surface area (TPSA) is 104 Å². The number of ether oxygens (including phenoxy) is 2. The Bertz CT molecular complexity index is 1340. The normalized spacial score (nSPS) is 19.0. The second-order valence-corrected chi connectivity index (χ2v) is 10.1. The highest BCUT2D eigenvalue weighted by Gasteiger charge is 2.26. The number of nitrogens with one attached hydrogen (secondary N) is 3. The Morgan fingerprint density at radius 3 is 2.86 bits per heavy atom. The lowest BCUT2D eigenvalue weighted by molar-refractivity contribution is 0.0170. The molecule has 2 atom stereocenters. The fraction of sp³-hybridized carbons (Fsp3) is 0.400. The Balaban J connectivity index is 1.17. The molecule has 2 aliphatic rings. The van der Waals surface area contributed by atoms with Gasteiger partial charge in [0.2, 0.25) is 0 Å². The van der Waals surface area contributed by atoms with Crippen molar-refractivity contribution in [2.45, 2.75) is 38.6 Å². The number of aromatic amines is 2. The molecule has 4 aromatic rings. The molecule has 0 amide bonds. The minimum atomic E-state index is -0.353. The molecule has 9 nitrogen and oxygen atoms in total. The third-order valence-corrected chi connectivity index (χ3v) is 7.36. The maximum Gasteiger partial charge on any atom is 0.159 e. The second-order valence-electron chi connectivity index (χ2n) is 9.26. The van der Waals surface area contributed by atoms with Crippen LogP contribution in [0.25, 0.3) is 22.4 Å². The highest BCUT2D eigenvalue weighted by Crippen LogP contribution is 2.35. The fourth-order valence-electron chi connectivity index (χ4n) is 4.92. The van der Waals surface area contributed by atoms with Crippen LogP contribution in [0, 0.1) is 0 Å². The predicted octanol–water partition coefficient (Wildman–Crippen LogP) is 4.49. The van der Waals surface area contributed by atoms with Crippen molar-refractivity contribution in [1.82, 2.24) is 35.4 Å². The van der Waals surface area contributed by atoms with Crippen molar-refractivity contribution in [2.24, 2.45) is 0 Å². The van der Waals surface area contributed by atoms with E-state index in [1.807, 2.05) is 25.1 Å².